The topological polar surface area (TPSA) is 75.5 Å². The van der Waals surface area contributed by atoms with Crippen LogP contribution in [0, 0.1) is 15.5 Å². The third-order valence-electron chi connectivity index (χ3n) is 4.07. The fraction of sp³-hybridized carbons (Fsp3) is 0.583. The molecule has 0 saturated carbocycles. The van der Waals surface area contributed by atoms with Crippen molar-refractivity contribution in [3.8, 4) is 0 Å². The molecule has 1 aromatic rings. The summed E-state index contributed by atoms with van der Waals surface area (Å²) in [5.41, 5.74) is 0.678. The van der Waals surface area contributed by atoms with Gasteiger partial charge in [0, 0.05) is 36.5 Å². The van der Waals surface area contributed by atoms with Gasteiger partial charge in [0.05, 0.1) is 10.5 Å². The van der Waals surface area contributed by atoms with Crippen LogP contribution >= 0.6 is 11.3 Å². The number of nitrogens with zero attached hydrogens (tertiary/aromatic N) is 2. The van der Waals surface area contributed by atoms with Crippen molar-refractivity contribution in [3.05, 3.63) is 27.1 Å². The summed E-state index contributed by atoms with van der Waals surface area (Å²) in [6.07, 6.45) is 2.14. The molecule has 0 aliphatic carbocycles. The molecule has 19 heavy (non-hydrogen) atoms. The Balaban J connectivity index is 1.72. The molecule has 1 spiro atoms. The average Bonchev–Trinajstić information content (AvgIpc) is 3.11. The summed E-state index contributed by atoms with van der Waals surface area (Å²) in [5, 5.41) is 15.6. The summed E-state index contributed by atoms with van der Waals surface area (Å²) < 4.78 is 0. The first-order chi connectivity index (χ1) is 9.10. The maximum atomic E-state index is 12.3. The van der Waals surface area contributed by atoms with Crippen molar-refractivity contribution >= 4 is 22.2 Å². The number of thiophene rings is 1. The van der Waals surface area contributed by atoms with Gasteiger partial charge in [0.2, 0.25) is 0 Å². The van der Waals surface area contributed by atoms with Crippen LogP contribution in [0.1, 0.15) is 23.2 Å². The van der Waals surface area contributed by atoms with Crippen LogP contribution in [0.4, 0.5) is 5.00 Å². The Morgan fingerprint density at radius 1 is 1.53 bits per heavy atom. The van der Waals surface area contributed by atoms with Crippen molar-refractivity contribution in [3.63, 3.8) is 0 Å². The Kier molecular flexibility index (Phi) is 3.02. The van der Waals surface area contributed by atoms with E-state index < -0.39 is 4.92 Å². The number of nitrogens with one attached hydrogen (secondary N) is 1. The number of rotatable bonds is 2. The molecule has 1 atom stereocenters. The molecule has 7 heteroatoms. The van der Waals surface area contributed by atoms with Crippen LogP contribution in [0.5, 0.6) is 0 Å². The number of likely N-dealkylation sites (tertiary alicyclic amines) is 1. The van der Waals surface area contributed by atoms with Gasteiger partial charge >= 0.3 is 5.00 Å². The van der Waals surface area contributed by atoms with Gasteiger partial charge in [-0.25, -0.2) is 0 Å². The smallest absolute Gasteiger partial charge is 0.324 e. The first kappa shape index (κ1) is 12.6. The van der Waals surface area contributed by atoms with Crippen molar-refractivity contribution < 1.29 is 9.72 Å². The lowest BCUT2D eigenvalue weighted by atomic mass is 9.86. The van der Waals surface area contributed by atoms with Gasteiger partial charge in [-0.3, -0.25) is 14.9 Å². The van der Waals surface area contributed by atoms with E-state index in [1.54, 1.807) is 5.38 Å². The van der Waals surface area contributed by atoms with Crippen LogP contribution in [-0.2, 0) is 0 Å². The highest BCUT2D eigenvalue weighted by atomic mass is 32.1. The van der Waals surface area contributed by atoms with Crippen molar-refractivity contribution in [2.75, 3.05) is 26.2 Å². The van der Waals surface area contributed by atoms with Gasteiger partial charge in [-0.2, -0.15) is 0 Å². The molecule has 3 heterocycles. The van der Waals surface area contributed by atoms with Gasteiger partial charge < -0.3 is 10.2 Å². The lowest BCUT2D eigenvalue weighted by Gasteiger charge is -2.22. The molecule has 1 aromatic heterocycles. The van der Waals surface area contributed by atoms with E-state index in [0.29, 0.717) is 5.56 Å². The zero-order valence-electron chi connectivity index (χ0n) is 10.4. The second-order valence-electron chi connectivity index (χ2n) is 5.33. The van der Waals surface area contributed by atoms with Crippen LogP contribution in [0.15, 0.2) is 11.4 Å². The lowest BCUT2D eigenvalue weighted by molar-refractivity contribution is -0.380. The van der Waals surface area contributed by atoms with Crippen molar-refractivity contribution in [2.45, 2.75) is 12.8 Å². The minimum Gasteiger partial charge on any atom is -0.338 e. The minimum absolute atomic E-state index is 0.0276. The van der Waals surface area contributed by atoms with Crippen molar-refractivity contribution in [1.82, 2.24) is 10.2 Å². The number of carbonyl (C=O) groups is 1. The third-order valence-corrected chi connectivity index (χ3v) is 4.95. The van der Waals surface area contributed by atoms with Gasteiger partial charge in [-0.15, -0.1) is 0 Å². The highest BCUT2D eigenvalue weighted by Gasteiger charge is 2.42. The normalized spacial score (nSPS) is 26.2. The van der Waals surface area contributed by atoms with Crippen LogP contribution in [-0.4, -0.2) is 41.9 Å². The molecule has 0 bridgehead atoms. The summed E-state index contributed by atoms with van der Waals surface area (Å²) in [6.45, 7) is 3.51. The number of hydrogen-bond donors (Lipinski definition) is 1. The summed E-state index contributed by atoms with van der Waals surface area (Å²) in [6, 6.07) is 1.38. The van der Waals surface area contributed by atoms with E-state index >= 15 is 0 Å². The Morgan fingerprint density at radius 3 is 3.00 bits per heavy atom. The van der Waals surface area contributed by atoms with Crippen molar-refractivity contribution in [1.29, 1.82) is 0 Å². The van der Waals surface area contributed by atoms with E-state index in [4.69, 9.17) is 0 Å². The van der Waals surface area contributed by atoms with E-state index in [0.717, 1.165) is 50.4 Å². The molecule has 6 nitrogen and oxygen atoms in total. The van der Waals surface area contributed by atoms with Crippen LogP contribution in [0.3, 0.4) is 0 Å². The van der Waals surface area contributed by atoms with Gasteiger partial charge in [-0.1, -0.05) is 11.3 Å². The van der Waals surface area contributed by atoms with E-state index in [-0.39, 0.29) is 16.3 Å². The Morgan fingerprint density at radius 2 is 2.37 bits per heavy atom. The fourth-order valence-corrected chi connectivity index (χ4v) is 3.67. The Hall–Kier alpha value is -1.47. The second-order valence-corrected chi connectivity index (χ2v) is 6.22. The zero-order chi connectivity index (χ0) is 13.5. The maximum absolute atomic E-state index is 12.3. The molecule has 1 unspecified atom stereocenters. The first-order valence-corrected chi connectivity index (χ1v) is 7.21. The van der Waals surface area contributed by atoms with Gasteiger partial charge in [0.15, 0.2) is 0 Å². The summed E-state index contributed by atoms with van der Waals surface area (Å²) in [4.78, 5) is 24.3. The fourth-order valence-electron chi connectivity index (χ4n) is 2.97. The second kappa shape index (κ2) is 4.57. The number of carbonyl (C=O) groups excluding carboxylic acids is 1. The molecule has 2 aliphatic heterocycles. The summed E-state index contributed by atoms with van der Waals surface area (Å²) >= 11 is 1.01. The van der Waals surface area contributed by atoms with E-state index in [2.05, 4.69) is 5.32 Å². The molecule has 0 radical (unpaired) electrons. The summed E-state index contributed by atoms with van der Waals surface area (Å²) in [7, 11) is 0. The molecule has 2 fully saturated rings. The Bertz CT molecular complexity index is 522. The number of hydrogen-bond acceptors (Lipinski definition) is 5. The third kappa shape index (κ3) is 2.23. The Labute approximate surface area is 114 Å². The van der Waals surface area contributed by atoms with Crippen molar-refractivity contribution in [2.24, 2.45) is 5.41 Å². The molecule has 0 aromatic carbocycles. The lowest BCUT2D eigenvalue weighted by Crippen LogP contribution is -2.33. The molecular weight excluding hydrogens is 266 g/mol. The highest BCUT2D eigenvalue weighted by molar-refractivity contribution is 7.13. The first-order valence-electron chi connectivity index (χ1n) is 6.33. The number of amides is 1. The maximum Gasteiger partial charge on any atom is 0.324 e. The molecule has 1 amide bonds. The standard InChI is InChI=1S/C12H15N3O3S/c16-11(9-5-10(15(17)18)19-6-9)14-4-2-12(8-14)1-3-13-7-12/h5-6,13H,1-4,7-8H2. The molecule has 102 valence electrons. The van der Waals surface area contributed by atoms with Gasteiger partial charge in [0.25, 0.3) is 5.91 Å². The minimum atomic E-state index is -0.451. The quantitative estimate of drug-likeness (QED) is 0.658. The molecule has 3 rings (SSSR count). The average molecular weight is 281 g/mol. The summed E-state index contributed by atoms with van der Waals surface area (Å²) in [5.74, 6) is -0.0758. The van der Waals surface area contributed by atoms with E-state index in [9.17, 15) is 14.9 Å². The molecule has 1 N–H and O–H groups in total. The number of nitro groups is 1. The largest absolute Gasteiger partial charge is 0.338 e. The van der Waals surface area contributed by atoms with Crippen LogP contribution in [0.25, 0.3) is 0 Å². The predicted molar refractivity (Wildman–Crippen MR) is 71.4 cm³/mol. The predicted octanol–water partition coefficient (Wildman–Crippen LogP) is 1.48. The van der Waals surface area contributed by atoms with Crippen LogP contribution in [0.2, 0.25) is 0 Å². The van der Waals surface area contributed by atoms with E-state index in [1.807, 2.05) is 4.90 Å². The van der Waals surface area contributed by atoms with Gasteiger partial charge in [-0.05, 0) is 19.4 Å². The van der Waals surface area contributed by atoms with Gasteiger partial charge in [0.1, 0.15) is 0 Å². The molecule has 2 aliphatic rings. The SMILES string of the molecule is O=C(c1csc([N+](=O)[O-])c1)N1CCC2(CCNC2)C1. The molecule has 2 saturated heterocycles. The van der Waals surface area contributed by atoms with E-state index in [1.165, 1.54) is 6.07 Å². The van der Waals surface area contributed by atoms with Crippen LogP contribution < -0.4 is 5.32 Å². The highest BCUT2D eigenvalue weighted by Crippen LogP contribution is 2.37. The molecular formula is C12H15N3O3S. The monoisotopic (exact) mass is 281 g/mol. The zero-order valence-corrected chi connectivity index (χ0v) is 11.2.